The third-order valence-corrected chi connectivity index (χ3v) is 6.01. The molecule has 2 aromatic carbocycles. The van der Waals surface area contributed by atoms with Crippen LogP contribution in [0.4, 0.5) is 0 Å². The van der Waals surface area contributed by atoms with E-state index in [9.17, 15) is 9.59 Å². The van der Waals surface area contributed by atoms with E-state index in [1.807, 2.05) is 30.3 Å². The molecule has 2 heterocycles. The number of halogens is 1. The molecule has 2 unspecified atom stereocenters. The van der Waals surface area contributed by atoms with Crippen molar-refractivity contribution in [2.24, 2.45) is 16.3 Å². The van der Waals surface area contributed by atoms with Crippen molar-refractivity contribution in [3.05, 3.63) is 70.7 Å². The Labute approximate surface area is 174 Å². The molecule has 29 heavy (non-hydrogen) atoms. The molecule has 2 aromatic rings. The Morgan fingerprint density at radius 2 is 1.90 bits per heavy atom. The van der Waals surface area contributed by atoms with E-state index in [-0.39, 0.29) is 18.4 Å². The van der Waals surface area contributed by atoms with Gasteiger partial charge in [0.2, 0.25) is 5.91 Å². The predicted octanol–water partition coefficient (Wildman–Crippen LogP) is 2.63. The number of carbonyl (C=O) groups is 2. The molecule has 1 saturated heterocycles. The fourth-order valence-corrected chi connectivity index (χ4v) is 4.35. The average Bonchev–Trinajstić information content (AvgIpc) is 2.98. The highest BCUT2D eigenvalue weighted by atomic mass is 35.5. The maximum atomic E-state index is 13.2. The average molecular weight is 411 g/mol. The van der Waals surface area contributed by atoms with E-state index in [0.29, 0.717) is 30.0 Å². The summed E-state index contributed by atoms with van der Waals surface area (Å²) >= 11 is 5.94. The molecular formula is C22H23ClN4O2. The van der Waals surface area contributed by atoms with Crippen LogP contribution < -0.4 is 5.73 Å². The summed E-state index contributed by atoms with van der Waals surface area (Å²) < 4.78 is 0. The molecule has 7 heteroatoms. The highest BCUT2D eigenvalue weighted by Crippen LogP contribution is 2.38. The summed E-state index contributed by atoms with van der Waals surface area (Å²) in [5, 5.41) is 6.48. The summed E-state index contributed by atoms with van der Waals surface area (Å²) in [6.07, 6.45) is 1.07. The number of hydrogen-bond acceptors (Lipinski definition) is 4. The minimum atomic E-state index is -0.830. The lowest BCUT2D eigenvalue weighted by Crippen LogP contribution is -2.56. The number of hydrogen-bond donors (Lipinski definition) is 1. The summed E-state index contributed by atoms with van der Waals surface area (Å²) in [4.78, 5) is 28.0. The van der Waals surface area contributed by atoms with Gasteiger partial charge in [-0.05, 0) is 29.7 Å². The Hall–Kier alpha value is -2.70. The van der Waals surface area contributed by atoms with Crippen molar-refractivity contribution in [2.45, 2.75) is 18.9 Å². The zero-order valence-corrected chi connectivity index (χ0v) is 17.0. The lowest BCUT2D eigenvalue weighted by molar-refractivity contribution is -0.140. The van der Waals surface area contributed by atoms with Crippen molar-refractivity contribution < 1.29 is 9.59 Å². The lowest BCUT2D eigenvalue weighted by atomic mass is 9.73. The Balaban J connectivity index is 1.61. The molecule has 4 rings (SSSR count). The zero-order chi connectivity index (χ0) is 20.6. The second kappa shape index (κ2) is 7.61. The quantitative estimate of drug-likeness (QED) is 0.841. The van der Waals surface area contributed by atoms with Crippen LogP contribution >= 0.6 is 11.6 Å². The van der Waals surface area contributed by atoms with Gasteiger partial charge in [-0.15, -0.1) is 0 Å². The molecule has 6 nitrogen and oxygen atoms in total. The van der Waals surface area contributed by atoms with Gasteiger partial charge in [0.25, 0.3) is 5.91 Å². The fourth-order valence-electron chi connectivity index (χ4n) is 4.22. The SMILES string of the molecule is CN1N=C2CCN(C(=O)C(N)c3ccc(Cl)cc3)CC2(Cc2ccccc2)C1=O. The first-order chi connectivity index (χ1) is 13.9. The van der Waals surface area contributed by atoms with Crippen molar-refractivity contribution in [3.63, 3.8) is 0 Å². The molecule has 0 saturated carbocycles. The van der Waals surface area contributed by atoms with E-state index in [1.165, 1.54) is 5.01 Å². The monoisotopic (exact) mass is 410 g/mol. The smallest absolute Gasteiger partial charge is 0.256 e. The van der Waals surface area contributed by atoms with Crippen molar-refractivity contribution in [1.82, 2.24) is 9.91 Å². The van der Waals surface area contributed by atoms with Crippen LogP contribution in [0.15, 0.2) is 59.7 Å². The number of carbonyl (C=O) groups excluding carboxylic acids is 2. The number of likely N-dealkylation sites (tertiary alicyclic amines) is 1. The molecule has 0 aromatic heterocycles. The van der Waals surface area contributed by atoms with Gasteiger partial charge < -0.3 is 10.6 Å². The minimum Gasteiger partial charge on any atom is -0.339 e. The topological polar surface area (TPSA) is 79.0 Å². The Morgan fingerprint density at radius 1 is 1.21 bits per heavy atom. The summed E-state index contributed by atoms with van der Waals surface area (Å²) in [5.41, 5.74) is 8.01. The largest absolute Gasteiger partial charge is 0.339 e. The van der Waals surface area contributed by atoms with Crippen molar-refractivity contribution in [3.8, 4) is 0 Å². The van der Waals surface area contributed by atoms with E-state index in [2.05, 4.69) is 5.10 Å². The number of nitrogens with two attached hydrogens (primary N) is 1. The first kappa shape index (κ1) is 19.6. The molecule has 2 aliphatic rings. The van der Waals surface area contributed by atoms with Gasteiger partial charge in [-0.1, -0.05) is 54.1 Å². The van der Waals surface area contributed by atoms with Gasteiger partial charge in [0.05, 0.1) is 5.71 Å². The number of hydrazone groups is 1. The Bertz CT molecular complexity index is 961. The predicted molar refractivity (Wildman–Crippen MR) is 112 cm³/mol. The van der Waals surface area contributed by atoms with Crippen LogP contribution in [0, 0.1) is 5.41 Å². The maximum absolute atomic E-state index is 13.2. The highest BCUT2D eigenvalue weighted by molar-refractivity contribution is 6.30. The van der Waals surface area contributed by atoms with Crippen LogP contribution in [0.2, 0.25) is 5.02 Å². The van der Waals surface area contributed by atoms with Gasteiger partial charge in [-0.25, -0.2) is 5.01 Å². The van der Waals surface area contributed by atoms with Crippen molar-refractivity contribution >= 4 is 29.1 Å². The first-order valence-corrected chi connectivity index (χ1v) is 9.98. The number of rotatable bonds is 4. The Kier molecular flexibility index (Phi) is 5.15. The number of piperidine rings is 1. The summed E-state index contributed by atoms with van der Waals surface area (Å²) in [6, 6.07) is 16.0. The molecule has 0 aliphatic carbocycles. The molecule has 2 aliphatic heterocycles. The molecule has 0 radical (unpaired) electrons. The third kappa shape index (κ3) is 3.54. The highest BCUT2D eigenvalue weighted by Gasteiger charge is 2.53. The van der Waals surface area contributed by atoms with Crippen LogP contribution in [0.1, 0.15) is 23.6 Å². The van der Waals surface area contributed by atoms with Crippen LogP contribution in [-0.4, -0.2) is 47.6 Å². The number of fused-ring (bicyclic) bond motifs is 1. The third-order valence-electron chi connectivity index (χ3n) is 5.76. The molecular weight excluding hydrogens is 388 g/mol. The standard InChI is InChI=1S/C22H23ClN4O2/c1-26-21(29)22(13-15-5-3-2-4-6-15)14-27(12-11-18(22)25-26)20(28)19(24)16-7-9-17(23)10-8-16/h2-10,19H,11-14,24H2,1H3. The number of benzene rings is 2. The first-order valence-electron chi connectivity index (χ1n) is 9.60. The van der Waals surface area contributed by atoms with Crippen molar-refractivity contribution in [1.29, 1.82) is 0 Å². The van der Waals surface area contributed by atoms with Crippen LogP contribution in [0.3, 0.4) is 0 Å². The number of nitrogens with zero attached hydrogens (tertiary/aromatic N) is 3. The second-order valence-electron chi connectivity index (χ2n) is 7.66. The second-order valence-corrected chi connectivity index (χ2v) is 8.10. The van der Waals surface area contributed by atoms with Gasteiger partial charge in [0.1, 0.15) is 11.5 Å². The van der Waals surface area contributed by atoms with E-state index < -0.39 is 11.5 Å². The van der Waals surface area contributed by atoms with E-state index in [4.69, 9.17) is 17.3 Å². The minimum absolute atomic E-state index is 0.0751. The summed E-state index contributed by atoms with van der Waals surface area (Å²) in [7, 11) is 1.67. The summed E-state index contributed by atoms with van der Waals surface area (Å²) in [6.45, 7) is 0.778. The molecule has 2 N–H and O–H groups in total. The van der Waals surface area contributed by atoms with Gasteiger partial charge in [0, 0.05) is 31.6 Å². The van der Waals surface area contributed by atoms with Crippen LogP contribution in [0.25, 0.3) is 0 Å². The van der Waals surface area contributed by atoms with Crippen LogP contribution in [0.5, 0.6) is 0 Å². The number of amides is 2. The molecule has 0 spiro atoms. The van der Waals surface area contributed by atoms with Gasteiger partial charge in [-0.2, -0.15) is 5.10 Å². The van der Waals surface area contributed by atoms with Gasteiger partial charge in [0.15, 0.2) is 0 Å². The normalized spacial score (nSPS) is 22.3. The molecule has 1 fully saturated rings. The Morgan fingerprint density at radius 3 is 2.59 bits per heavy atom. The van der Waals surface area contributed by atoms with E-state index in [1.54, 1.807) is 36.2 Å². The van der Waals surface area contributed by atoms with E-state index >= 15 is 0 Å². The lowest BCUT2D eigenvalue weighted by Gasteiger charge is -2.40. The van der Waals surface area contributed by atoms with Crippen LogP contribution in [-0.2, 0) is 16.0 Å². The molecule has 150 valence electrons. The maximum Gasteiger partial charge on any atom is 0.256 e. The van der Waals surface area contributed by atoms with Gasteiger partial charge in [-0.3, -0.25) is 9.59 Å². The molecule has 0 bridgehead atoms. The molecule has 2 amide bonds. The van der Waals surface area contributed by atoms with Crippen molar-refractivity contribution in [2.75, 3.05) is 20.1 Å². The van der Waals surface area contributed by atoms with Gasteiger partial charge >= 0.3 is 0 Å². The zero-order valence-electron chi connectivity index (χ0n) is 16.2. The summed E-state index contributed by atoms with van der Waals surface area (Å²) in [5.74, 6) is -0.268. The fraction of sp³-hybridized carbons (Fsp3) is 0.318. The molecule has 2 atom stereocenters. The van der Waals surface area contributed by atoms with E-state index in [0.717, 1.165) is 11.3 Å².